The minimum atomic E-state index is -0.613. The number of carbonyl (C=O) groups excluding carboxylic acids is 3. The quantitative estimate of drug-likeness (QED) is 0.370. The van der Waals surface area contributed by atoms with Gasteiger partial charge in [0.15, 0.2) is 0 Å². The van der Waals surface area contributed by atoms with Crippen LogP contribution in [0.5, 0.6) is 0 Å². The summed E-state index contributed by atoms with van der Waals surface area (Å²) in [5.41, 5.74) is 2.69. The molecule has 3 amide bonds. The van der Waals surface area contributed by atoms with E-state index in [1.165, 1.54) is 0 Å². The van der Waals surface area contributed by atoms with Crippen LogP contribution in [0.25, 0.3) is 0 Å². The van der Waals surface area contributed by atoms with Crippen LogP contribution in [0.3, 0.4) is 0 Å². The summed E-state index contributed by atoms with van der Waals surface area (Å²) in [6, 6.07) is 0. The Morgan fingerprint density at radius 2 is 2.27 bits per heavy atom. The lowest BCUT2D eigenvalue weighted by Gasteiger charge is -2.13. The van der Waals surface area contributed by atoms with E-state index in [1.807, 2.05) is 0 Å². The van der Waals surface area contributed by atoms with Gasteiger partial charge in [-0.1, -0.05) is 12.6 Å². The van der Waals surface area contributed by atoms with Gasteiger partial charge in [0.05, 0.1) is 0 Å². The molecule has 1 rings (SSSR count). The number of hydrogen-bond donors (Lipinski definition) is 2. The molecule has 6 nitrogen and oxygen atoms in total. The van der Waals surface area contributed by atoms with Crippen molar-refractivity contribution in [2.45, 2.75) is 19.8 Å². The number of nitrogens with zero attached hydrogens (tertiary/aromatic N) is 1. The summed E-state index contributed by atoms with van der Waals surface area (Å²) < 4.78 is 11.4. The number of amides is 3. The van der Waals surface area contributed by atoms with Crippen LogP contribution in [0.2, 0.25) is 0 Å². The number of imide groups is 1. The molecule has 7 heteroatoms. The second kappa shape index (κ2) is 4.83. The van der Waals surface area contributed by atoms with Crippen LogP contribution in [0.15, 0.2) is 0 Å². The van der Waals surface area contributed by atoms with Crippen molar-refractivity contribution < 1.29 is 18.9 Å². The van der Waals surface area contributed by atoms with Crippen molar-refractivity contribution in [1.82, 2.24) is 16.0 Å². The summed E-state index contributed by atoms with van der Waals surface area (Å²) in [5.74, 6) is -1.49. The third kappa shape index (κ3) is 2.72. The van der Waals surface area contributed by atoms with Gasteiger partial charge in [0.2, 0.25) is 17.7 Å². The highest BCUT2D eigenvalue weighted by Crippen LogP contribution is 2.18. The van der Waals surface area contributed by atoms with Crippen molar-refractivity contribution in [3.63, 3.8) is 0 Å². The standard InChI is InChI=1S/C8H12FN3O3/c1-5-4-7(14)12(8(5)15)3-2-6(13)10-11-9/h5,11H,2-4H2,1H3,(H,10,13). The summed E-state index contributed by atoms with van der Waals surface area (Å²) >= 11 is 0. The summed E-state index contributed by atoms with van der Waals surface area (Å²) in [6.07, 6.45) is 0.0724. The lowest BCUT2D eigenvalue weighted by atomic mass is 10.1. The molecule has 0 spiro atoms. The molecule has 84 valence electrons. The molecule has 1 atom stereocenters. The maximum absolute atomic E-state index is 11.4. The van der Waals surface area contributed by atoms with Gasteiger partial charge in [-0.25, -0.2) is 0 Å². The Bertz CT molecular complexity index is 295. The SMILES string of the molecule is CC1CC(=O)N(CCC(=O)NNF)C1=O. The predicted molar refractivity (Wildman–Crippen MR) is 47.5 cm³/mol. The number of carbonyl (C=O) groups is 3. The normalized spacial score (nSPS) is 20.9. The third-order valence-corrected chi connectivity index (χ3v) is 2.22. The van der Waals surface area contributed by atoms with Gasteiger partial charge in [0.1, 0.15) is 0 Å². The van der Waals surface area contributed by atoms with E-state index in [0.29, 0.717) is 0 Å². The van der Waals surface area contributed by atoms with E-state index in [4.69, 9.17) is 0 Å². The first-order chi connectivity index (χ1) is 7.06. The monoisotopic (exact) mass is 217 g/mol. The van der Waals surface area contributed by atoms with E-state index >= 15 is 0 Å². The largest absolute Gasteiger partial charge is 0.282 e. The zero-order valence-electron chi connectivity index (χ0n) is 8.25. The van der Waals surface area contributed by atoms with Crippen LogP contribution < -0.4 is 11.1 Å². The first-order valence-corrected chi connectivity index (χ1v) is 4.55. The topological polar surface area (TPSA) is 78.5 Å². The highest BCUT2D eigenvalue weighted by molar-refractivity contribution is 6.03. The van der Waals surface area contributed by atoms with Gasteiger partial charge < -0.3 is 0 Å². The zero-order chi connectivity index (χ0) is 11.4. The fraction of sp³-hybridized carbons (Fsp3) is 0.625. The molecule has 1 fully saturated rings. The lowest BCUT2D eigenvalue weighted by molar-refractivity contribution is -0.139. The molecule has 2 N–H and O–H groups in total. The summed E-state index contributed by atoms with van der Waals surface area (Å²) in [7, 11) is 0. The number of nitrogens with one attached hydrogen (secondary N) is 2. The average molecular weight is 217 g/mol. The molecule has 1 unspecified atom stereocenters. The third-order valence-electron chi connectivity index (χ3n) is 2.22. The number of likely N-dealkylation sites (tertiary alicyclic amines) is 1. The predicted octanol–water partition coefficient (Wildman–Crippen LogP) is -0.723. The van der Waals surface area contributed by atoms with Gasteiger partial charge >= 0.3 is 0 Å². The van der Waals surface area contributed by atoms with Gasteiger partial charge in [0, 0.05) is 25.3 Å². The van der Waals surface area contributed by atoms with Gasteiger partial charge in [-0.3, -0.25) is 24.7 Å². The summed E-state index contributed by atoms with van der Waals surface area (Å²) in [4.78, 5) is 34.5. The number of halogens is 1. The Kier molecular flexibility index (Phi) is 3.73. The Morgan fingerprint density at radius 1 is 1.60 bits per heavy atom. The molecule has 0 bridgehead atoms. The highest BCUT2D eigenvalue weighted by Gasteiger charge is 2.35. The molecular weight excluding hydrogens is 205 g/mol. The Labute approximate surface area is 85.7 Å². The smallest absolute Gasteiger partial charge is 0.237 e. The molecule has 0 saturated carbocycles. The van der Waals surface area contributed by atoms with Crippen molar-refractivity contribution in [2.75, 3.05) is 6.54 Å². The van der Waals surface area contributed by atoms with Crippen molar-refractivity contribution >= 4 is 17.7 Å². The fourth-order valence-corrected chi connectivity index (χ4v) is 1.41. The van der Waals surface area contributed by atoms with Crippen LogP contribution >= 0.6 is 0 Å². The average Bonchev–Trinajstić information content (AvgIpc) is 2.40. The molecule has 0 radical (unpaired) electrons. The second-order valence-electron chi connectivity index (χ2n) is 3.38. The van der Waals surface area contributed by atoms with Gasteiger partial charge in [-0.2, -0.15) is 0 Å². The van der Waals surface area contributed by atoms with Crippen LogP contribution in [0.4, 0.5) is 4.48 Å². The molecule has 1 aliphatic heterocycles. The summed E-state index contributed by atoms with van der Waals surface area (Å²) in [6.45, 7) is 1.65. The zero-order valence-corrected chi connectivity index (χ0v) is 8.25. The Morgan fingerprint density at radius 3 is 2.73 bits per heavy atom. The van der Waals surface area contributed by atoms with Crippen molar-refractivity contribution in [1.29, 1.82) is 0 Å². The van der Waals surface area contributed by atoms with Crippen molar-refractivity contribution in [3.8, 4) is 0 Å². The van der Waals surface area contributed by atoms with E-state index in [2.05, 4.69) is 0 Å². The molecule has 15 heavy (non-hydrogen) atoms. The van der Waals surface area contributed by atoms with E-state index in [-0.39, 0.29) is 37.1 Å². The number of rotatable bonds is 4. The Balaban J connectivity index is 2.42. The van der Waals surface area contributed by atoms with Crippen LogP contribution in [0.1, 0.15) is 19.8 Å². The molecule has 1 saturated heterocycles. The first-order valence-electron chi connectivity index (χ1n) is 4.55. The maximum Gasteiger partial charge on any atom is 0.237 e. The van der Waals surface area contributed by atoms with Crippen LogP contribution in [-0.4, -0.2) is 29.2 Å². The molecule has 0 aromatic rings. The van der Waals surface area contributed by atoms with Crippen LogP contribution in [-0.2, 0) is 14.4 Å². The van der Waals surface area contributed by atoms with E-state index in [9.17, 15) is 18.9 Å². The highest BCUT2D eigenvalue weighted by atomic mass is 19.2. The van der Waals surface area contributed by atoms with E-state index in [1.54, 1.807) is 12.3 Å². The maximum atomic E-state index is 11.4. The second-order valence-corrected chi connectivity index (χ2v) is 3.38. The molecule has 0 aromatic heterocycles. The molecule has 0 aromatic carbocycles. The molecule has 0 aliphatic carbocycles. The fourth-order valence-electron chi connectivity index (χ4n) is 1.41. The van der Waals surface area contributed by atoms with E-state index in [0.717, 1.165) is 10.5 Å². The summed E-state index contributed by atoms with van der Waals surface area (Å²) in [5, 5.41) is 0. The minimum absolute atomic E-state index is 0.00444. The number of hydrazine groups is 1. The molecular formula is C8H12FN3O3. The molecule has 1 aliphatic rings. The first kappa shape index (κ1) is 11.6. The Hall–Kier alpha value is -1.50. The number of hydrogen-bond acceptors (Lipinski definition) is 4. The minimum Gasteiger partial charge on any atom is -0.282 e. The van der Waals surface area contributed by atoms with Gasteiger partial charge in [-0.15, -0.1) is 4.48 Å². The van der Waals surface area contributed by atoms with Crippen LogP contribution in [0, 0.1) is 5.92 Å². The van der Waals surface area contributed by atoms with Crippen molar-refractivity contribution in [2.24, 2.45) is 5.92 Å². The lowest BCUT2D eigenvalue weighted by Crippen LogP contribution is -2.37. The van der Waals surface area contributed by atoms with Crippen molar-refractivity contribution in [3.05, 3.63) is 0 Å². The van der Waals surface area contributed by atoms with E-state index < -0.39 is 5.91 Å². The molecule has 1 heterocycles. The van der Waals surface area contributed by atoms with Gasteiger partial charge in [0.25, 0.3) is 0 Å². The van der Waals surface area contributed by atoms with Gasteiger partial charge in [-0.05, 0) is 0 Å².